The fraction of sp³-hybridized carbons (Fsp3) is 0. The number of ketones is 2. The van der Waals surface area contributed by atoms with Gasteiger partial charge in [0.05, 0.1) is 0 Å². The number of benzene rings is 1. The van der Waals surface area contributed by atoms with Gasteiger partial charge in [-0.2, -0.15) is 8.42 Å². The van der Waals surface area contributed by atoms with Gasteiger partial charge in [0, 0.05) is 11.1 Å². The first-order valence-corrected chi connectivity index (χ1v) is 5.72. The lowest BCUT2D eigenvalue weighted by Crippen LogP contribution is -2.18. The van der Waals surface area contributed by atoms with Gasteiger partial charge >= 0.3 is 0 Å². The Morgan fingerprint density at radius 3 is 2.29 bits per heavy atom. The molecule has 0 radical (unpaired) electrons. The Morgan fingerprint density at radius 1 is 1.06 bits per heavy atom. The number of Topliss-reactive ketones (excluding diaryl/α,β-unsaturated/α-hetero) is 1. The lowest BCUT2D eigenvalue weighted by atomic mass is 9.95. The van der Waals surface area contributed by atoms with E-state index in [0.717, 1.165) is 6.08 Å². The molecule has 90 valence electrons. The number of rotatable bonds is 1. The van der Waals surface area contributed by atoms with Crippen LogP contribution in [0.3, 0.4) is 0 Å². The number of hydrogen-bond acceptors (Lipinski definition) is 4. The van der Waals surface area contributed by atoms with Crippen LogP contribution in [0.25, 0.3) is 6.08 Å². The van der Waals surface area contributed by atoms with E-state index >= 15 is 0 Å². The van der Waals surface area contributed by atoms with E-state index in [-0.39, 0.29) is 28.4 Å². The van der Waals surface area contributed by atoms with Crippen LogP contribution in [0.5, 0.6) is 0 Å². The second-order valence-corrected chi connectivity index (χ2v) is 4.61. The van der Waals surface area contributed by atoms with Crippen LogP contribution >= 0.6 is 12.4 Å². The van der Waals surface area contributed by atoms with Crippen molar-refractivity contribution in [3.05, 3.63) is 35.4 Å². The maximum atomic E-state index is 11.4. The zero-order valence-electron chi connectivity index (χ0n) is 8.28. The van der Waals surface area contributed by atoms with Gasteiger partial charge < -0.3 is 0 Å². The summed E-state index contributed by atoms with van der Waals surface area (Å²) in [5.41, 5.74) is 0.0391. The van der Waals surface area contributed by atoms with Crippen molar-refractivity contribution in [2.75, 3.05) is 0 Å². The summed E-state index contributed by atoms with van der Waals surface area (Å²) in [5.74, 6) is -1.48. The van der Waals surface area contributed by atoms with Crippen molar-refractivity contribution in [2.45, 2.75) is 4.90 Å². The molecule has 0 aromatic heterocycles. The molecule has 1 N–H and O–H groups in total. The third kappa shape index (κ3) is 2.28. The molecule has 0 saturated carbocycles. The van der Waals surface area contributed by atoms with Gasteiger partial charge in [-0.3, -0.25) is 14.1 Å². The van der Waals surface area contributed by atoms with Crippen LogP contribution in [0, 0.1) is 0 Å². The van der Waals surface area contributed by atoms with Gasteiger partial charge in [-0.15, -0.1) is 12.4 Å². The predicted molar refractivity (Wildman–Crippen MR) is 61.9 cm³/mol. The lowest BCUT2D eigenvalue weighted by Gasteiger charge is -2.10. The predicted octanol–water partition coefficient (Wildman–Crippen LogP) is 1.13. The molecular weight excluding hydrogens is 268 g/mol. The summed E-state index contributed by atoms with van der Waals surface area (Å²) in [6.07, 6.45) is 2.20. The normalized spacial score (nSPS) is 14.2. The standard InChI is InChI=1S/C10H6O5S.ClH/c11-8-5-4-6-7(10(8)12)2-1-3-9(6)16(13,14)15;/h1-5H,(H,13,14,15);1H. The first-order chi connectivity index (χ1) is 7.41. The van der Waals surface area contributed by atoms with Crippen LogP contribution in [-0.4, -0.2) is 24.5 Å². The summed E-state index contributed by atoms with van der Waals surface area (Å²) in [4.78, 5) is 22.1. The molecule has 5 nitrogen and oxygen atoms in total. The smallest absolute Gasteiger partial charge is 0.286 e. The third-order valence-corrected chi connectivity index (χ3v) is 3.13. The molecule has 0 spiro atoms. The average Bonchev–Trinajstić information content (AvgIpc) is 2.21. The van der Waals surface area contributed by atoms with Crippen molar-refractivity contribution in [2.24, 2.45) is 0 Å². The van der Waals surface area contributed by atoms with E-state index in [9.17, 15) is 18.0 Å². The molecule has 17 heavy (non-hydrogen) atoms. The maximum Gasteiger partial charge on any atom is 0.295 e. The average molecular weight is 275 g/mol. The molecular formula is C10H7ClO5S. The van der Waals surface area contributed by atoms with Gasteiger partial charge in [0.1, 0.15) is 4.90 Å². The molecule has 1 aliphatic rings. The van der Waals surface area contributed by atoms with Crippen LogP contribution < -0.4 is 0 Å². The summed E-state index contributed by atoms with van der Waals surface area (Å²) in [6.45, 7) is 0. The first kappa shape index (κ1) is 13.6. The molecule has 7 heteroatoms. The van der Waals surface area contributed by atoms with Crippen molar-refractivity contribution in [1.29, 1.82) is 0 Å². The van der Waals surface area contributed by atoms with E-state index in [2.05, 4.69) is 0 Å². The van der Waals surface area contributed by atoms with Crippen molar-refractivity contribution in [1.82, 2.24) is 0 Å². The van der Waals surface area contributed by atoms with E-state index in [1.165, 1.54) is 24.3 Å². The van der Waals surface area contributed by atoms with Gasteiger partial charge in [0.2, 0.25) is 11.6 Å². The number of carbonyl (C=O) groups excluding carboxylic acids is 2. The largest absolute Gasteiger partial charge is 0.295 e. The van der Waals surface area contributed by atoms with E-state index in [4.69, 9.17) is 4.55 Å². The number of halogens is 1. The number of fused-ring (bicyclic) bond motifs is 1. The van der Waals surface area contributed by atoms with E-state index in [1.54, 1.807) is 0 Å². The zero-order chi connectivity index (χ0) is 11.9. The molecule has 1 aromatic carbocycles. The van der Waals surface area contributed by atoms with Crippen LogP contribution in [0.15, 0.2) is 29.2 Å². The monoisotopic (exact) mass is 274 g/mol. The quantitative estimate of drug-likeness (QED) is 0.613. The minimum absolute atomic E-state index is 0. The van der Waals surface area contributed by atoms with Crippen LogP contribution in [-0.2, 0) is 14.9 Å². The fourth-order valence-electron chi connectivity index (χ4n) is 1.51. The molecule has 1 aromatic rings. The molecule has 0 amide bonds. The van der Waals surface area contributed by atoms with E-state index in [1.807, 2.05) is 0 Å². The first-order valence-electron chi connectivity index (χ1n) is 4.28. The molecule has 0 fully saturated rings. The maximum absolute atomic E-state index is 11.4. The highest BCUT2D eigenvalue weighted by Crippen LogP contribution is 2.24. The molecule has 2 rings (SSSR count). The van der Waals surface area contributed by atoms with Crippen LogP contribution in [0.1, 0.15) is 15.9 Å². The van der Waals surface area contributed by atoms with Gasteiger partial charge in [0.25, 0.3) is 10.1 Å². The molecule has 0 atom stereocenters. The van der Waals surface area contributed by atoms with Crippen LogP contribution in [0.4, 0.5) is 0 Å². The summed E-state index contributed by atoms with van der Waals surface area (Å²) < 4.78 is 31.0. The van der Waals surface area contributed by atoms with E-state index in [0.29, 0.717) is 0 Å². The van der Waals surface area contributed by atoms with Crippen molar-refractivity contribution in [3.63, 3.8) is 0 Å². The lowest BCUT2D eigenvalue weighted by molar-refractivity contribution is -0.110. The van der Waals surface area contributed by atoms with Gasteiger partial charge in [-0.25, -0.2) is 0 Å². The Balaban J connectivity index is 0.00000144. The van der Waals surface area contributed by atoms with Crippen molar-refractivity contribution < 1.29 is 22.6 Å². The molecule has 0 saturated heterocycles. The highest BCUT2D eigenvalue weighted by Gasteiger charge is 2.25. The number of hydrogen-bond donors (Lipinski definition) is 1. The van der Waals surface area contributed by atoms with Gasteiger partial charge in [-0.1, -0.05) is 12.1 Å². The number of allylic oxidation sites excluding steroid dienone is 1. The third-order valence-electron chi connectivity index (χ3n) is 2.21. The minimum Gasteiger partial charge on any atom is -0.286 e. The van der Waals surface area contributed by atoms with Crippen molar-refractivity contribution >= 4 is 40.2 Å². The highest BCUT2D eigenvalue weighted by molar-refractivity contribution is 7.86. The summed E-state index contributed by atoms with van der Waals surface area (Å²) in [7, 11) is -4.40. The van der Waals surface area contributed by atoms with Gasteiger partial charge in [-0.05, 0) is 18.2 Å². The minimum atomic E-state index is -4.40. The Morgan fingerprint density at radius 2 is 1.71 bits per heavy atom. The summed E-state index contributed by atoms with van der Waals surface area (Å²) >= 11 is 0. The van der Waals surface area contributed by atoms with Gasteiger partial charge in [0.15, 0.2) is 0 Å². The fourth-order valence-corrected chi connectivity index (χ4v) is 2.21. The molecule has 1 aliphatic carbocycles. The summed E-state index contributed by atoms with van der Waals surface area (Å²) in [5, 5.41) is 0. The Bertz CT molecular complexity index is 630. The van der Waals surface area contributed by atoms with Crippen LogP contribution in [0.2, 0.25) is 0 Å². The molecule has 0 bridgehead atoms. The SMILES string of the molecule is Cl.O=C1C=Cc2c(cccc2S(=O)(=O)O)C1=O. The Labute approximate surface area is 103 Å². The zero-order valence-corrected chi connectivity index (χ0v) is 9.92. The summed E-state index contributed by atoms with van der Waals surface area (Å²) in [6, 6.07) is 3.81. The second kappa shape index (κ2) is 4.40. The molecule has 0 unspecified atom stereocenters. The Kier molecular flexibility index (Phi) is 3.51. The highest BCUT2D eigenvalue weighted by atomic mass is 35.5. The number of carbonyl (C=O) groups is 2. The van der Waals surface area contributed by atoms with E-state index < -0.39 is 21.7 Å². The molecule has 0 aliphatic heterocycles. The van der Waals surface area contributed by atoms with Crippen molar-refractivity contribution in [3.8, 4) is 0 Å². The molecule has 0 heterocycles. The Hall–Kier alpha value is -1.50. The topological polar surface area (TPSA) is 88.5 Å². The second-order valence-electron chi connectivity index (χ2n) is 3.22.